The van der Waals surface area contributed by atoms with E-state index in [9.17, 15) is 4.55 Å². The van der Waals surface area contributed by atoms with E-state index < -0.39 is 11.4 Å². The van der Waals surface area contributed by atoms with Crippen molar-refractivity contribution in [2.24, 2.45) is 5.14 Å². The Morgan fingerprint density at radius 2 is 2.00 bits per heavy atom. The van der Waals surface area contributed by atoms with Gasteiger partial charge in [0, 0.05) is 23.2 Å². The molecule has 0 amide bonds. The van der Waals surface area contributed by atoms with E-state index in [1.54, 1.807) is 12.4 Å². The Morgan fingerprint density at radius 1 is 1.29 bits per heavy atom. The largest absolute Gasteiger partial charge is 0.593 e. The second-order valence-corrected chi connectivity index (χ2v) is 6.15. The summed E-state index contributed by atoms with van der Waals surface area (Å²) >= 11 is -1.48. The fourth-order valence-corrected chi connectivity index (χ4v) is 2.42. The molecule has 2 aromatic rings. The molecule has 0 saturated heterocycles. The van der Waals surface area contributed by atoms with Crippen LogP contribution in [0.2, 0.25) is 0 Å². The highest BCUT2D eigenvalue weighted by molar-refractivity contribution is 7.89. The van der Waals surface area contributed by atoms with Crippen molar-refractivity contribution >= 4 is 22.1 Å². The standard InChI is InChI=1S/C13H16N2OS/c1-13(2,3)10-6-9-8-15-5-4-11(9)12(7-10)17(14)16/h4-8H,14H2,1-3H3. The van der Waals surface area contributed by atoms with E-state index in [4.69, 9.17) is 5.14 Å². The average molecular weight is 248 g/mol. The summed E-state index contributed by atoms with van der Waals surface area (Å²) in [5.41, 5.74) is 1.12. The molecule has 0 saturated carbocycles. The summed E-state index contributed by atoms with van der Waals surface area (Å²) < 4.78 is 11.6. The Bertz CT molecular complexity index is 547. The molecule has 3 nitrogen and oxygen atoms in total. The predicted molar refractivity (Wildman–Crippen MR) is 71.0 cm³/mol. The van der Waals surface area contributed by atoms with Crippen LogP contribution >= 0.6 is 0 Å². The lowest BCUT2D eigenvalue weighted by Gasteiger charge is -2.20. The summed E-state index contributed by atoms with van der Waals surface area (Å²) in [7, 11) is 0. The third kappa shape index (κ3) is 2.44. The van der Waals surface area contributed by atoms with Crippen LogP contribution < -0.4 is 5.14 Å². The zero-order valence-electron chi connectivity index (χ0n) is 10.2. The molecular weight excluding hydrogens is 232 g/mol. The molecule has 0 spiro atoms. The van der Waals surface area contributed by atoms with E-state index in [1.165, 1.54) is 0 Å². The summed E-state index contributed by atoms with van der Waals surface area (Å²) in [6.45, 7) is 6.36. The summed E-state index contributed by atoms with van der Waals surface area (Å²) in [4.78, 5) is 4.77. The molecule has 1 aromatic carbocycles. The molecule has 0 radical (unpaired) electrons. The second-order valence-electron chi connectivity index (χ2n) is 5.12. The number of hydrogen-bond donors (Lipinski definition) is 1. The van der Waals surface area contributed by atoms with E-state index >= 15 is 0 Å². The van der Waals surface area contributed by atoms with E-state index in [0.717, 1.165) is 16.3 Å². The summed E-state index contributed by atoms with van der Waals surface area (Å²) in [6, 6.07) is 5.86. The minimum Gasteiger partial charge on any atom is -0.593 e. The van der Waals surface area contributed by atoms with Gasteiger partial charge in [-0.1, -0.05) is 20.8 Å². The molecule has 0 aliphatic carbocycles. The average Bonchev–Trinajstić information content (AvgIpc) is 2.26. The molecule has 1 aromatic heterocycles. The van der Waals surface area contributed by atoms with E-state index in [0.29, 0.717) is 4.90 Å². The molecule has 2 rings (SSSR count). The minimum absolute atomic E-state index is 0.00183. The van der Waals surface area contributed by atoms with Crippen LogP contribution in [0.4, 0.5) is 0 Å². The highest BCUT2D eigenvalue weighted by Gasteiger charge is 2.20. The topological polar surface area (TPSA) is 62.0 Å². The molecule has 0 fully saturated rings. The molecule has 1 unspecified atom stereocenters. The van der Waals surface area contributed by atoms with E-state index in [-0.39, 0.29) is 5.41 Å². The van der Waals surface area contributed by atoms with Gasteiger partial charge in [0.05, 0.1) is 11.4 Å². The van der Waals surface area contributed by atoms with Crippen molar-refractivity contribution in [1.82, 2.24) is 4.98 Å². The maximum absolute atomic E-state index is 11.6. The van der Waals surface area contributed by atoms with Crippen LogP contribution in [0.25, 0.3) is 10.8 Å². The Labute approximate surface area is 104 Å². The Hall–Kier alpha value is -1.10. The molecule has 90 valence electrons. The third-order valence-corrected chi connectivity index (χ3v) is 3.57. The van der Waals surface area contributed by atoms with Crippen molar-refractivity contribution < 1.29 is 4.55 Å². The van der Waals surface area contributed by atoms with Gasteiger partial charge in [-0.15, -0.1) is 5.14 Å². The van der Waals surface area contributed by atoms with Crippen LogP contribution in [-0.4, -0.2) is 9.54 Å². The van der Waals surface area contributed by atoms with Crippen molar-refractivity contribution in [2.75, 3.05) is 0 Å². The number of aromatic nitrogens is 1. The summed E-state index contributed by atoms with van der Waals surface area (Å²) in [5, 5.41) is 7.44. The van der Waals surface area contributed by atoms with Gasteiger partial charge in [0.15, 0.2) is 4.90 Å². The van der Waals surface area contributed by atoms with Gasteiger partial charge in [-0.05, 0) is 29.2 Å². The van der Waals surface area contributed by atoms with Gasteiger partial charge < -0.3 is 4.55 Å². The van der Waals surface area contributed by atoms with E-state index in [2.05, 4.69) is 31.8 Å². The van der Waals surface area contributed by atoms with Gasteiger partial charge in [-0.2, -0.15) is 0 Å². The van der Waals surface area contributed by atoms with Gasteiger partial charge in [0.2, 0.25) is 0 Å². The number of nitrogens with zero attached hydrogens (tertiary/aromatic N) is 1. The first-order valence-electron chi connectivity index (χ1n) is 5.44. The first-order valence-corrected chi connectivity index (χ1v) is 6.65. The molecule has 0 aliphatic heterocycles. The number of hydrogen-bond acceptors (Lipinski definition) is 3. The zero-order chi connectivity index (χ0) is 12.6. The zero-order valence-corrected chi connectivity index (χ0v) is 11.0. The lowest BCUT2D eigenvalue weighted by atomic mass is 9.86. The van der Waals surface area contributed by atoms with Gasteiger partial charge in [0.1, 0.15) is 0 Å². The Kier molecular flexibility index (Phi) is 3.12. The third-order valence-electron chi connectivity index (χ3n) is 2.80. The molecule has 1 heterocycles. The predicted octanol–water partition coefficient (Wildman–Crippen LogP) is 2.51. The van der Waals surface area contributed by atoms with Crippen LogP contribution in [-0.2, 0) is 16.8 Å². The maximum Gasteiger partial charge on any atom is 0.181 e. The number of pyridine rings is 1. The fourth-order valence-electron chi connectivity index (χ4n) is 1.77. The highest BCUT2D eigenvalue weighted by atomic mass is 32.2. The Balaban J connectivity index is 2.76. The number of benzene rings is 1. The fraction of sp³-hybridized carbons (Fsp3) is 0.308. The van der Waals surface area contributed by atoms with Crippen molar-refractivity contribution in [1.29, 1.82) is 0 Å². The molecular formula is C13H16N2OS. The van der Waals surface area contributed by atoms with Crippen molar-refractivity contribution in [3.8, 4) is 0 Å². The summed E-state index contributed by atoms with van der Waals surface area (Å²) in [6.07, 6.45) is 3.47. The van der Waals surface area contributed by atoms with Crippen LogP contribution in [0.1, 0.15) is 26.3 Å². The normalized spacial score (nSPS) is 13.9. The number of nitrogens with two attached hydrogens (primary N) is 1. The van der Waals surface area contributed by atoms with Crippen molar-refractivity contribution in [3.05, 3.63) is 36.2 Å². The van der Waals surface area contributed by atoms with E-state index in [1.807, 2.05) is 12.1 Å². The van der Waals surface area contributed by atoms with Crippen LogP contribution in [0.5, 0.6) is 0 Å². The lowest BCUT2D eigenvalue weighted by molar-refractivity contribution is 0.585. The lowest BCUT2D eigenvalue weighted by Crippen LogP contribution is -2.16. The summed E-state index contributed by atoms with van der Waals surface area (Å²) in [5.74, 6) is 0. The minimum atomic E-state index is -1.48. The first-order chi connectivity index (χ1) is 7.89. The van der Waals surface area contributed by atoms with Gasteiger partial charge >= 0.3 is 0 Å². The molecule has 0 bridgehead atoms. The smallest absolute Gasteiger partial charge is 0.181 e. The highest BCUT2D eigenvalue weighted by Crippen LogP contribution is 2.30. The first kappa shape index (κ1) is 12.4. The van der Waals surface area contributed by atoms with Gasteiger partial charge in [0.25, 0.3) is 0 Å². The van der Waals surface area contributed by atoms with Crippen LogP contribution in [0.3, 0.4) is 0 Å². The molecule has 4 heteroatoms. The van der Waals surface area contributed by atoms with Gasteiger partial charge in [-0.3, -0.25) is 4.98 Å². The number of rotatable bonds is 1. The second kappa shape index (κ2) is 4.29. The van der Waals surface area contributed by atoms with Gasteiger partial charge in [-0.25, -0.2) is 0 Å². The maximum atomic E-state index is 11.6. The van der Waals surface area contributed by atoms with Crippen molar-refractivity contribution in [3.63, 3.8) is 0 Å². The Morgan fingerprint density at radius 3 is 2.59 bits per heavy atom. The number of fused-ring (bicyclic) bond motifs is 1. The van der Waals surface area contributed by atoms with Crippen molar-refractivity contribution in [2.45, 2.75) is 31.1 Å². The van der Waals surface area contributed by atoms with Crippen LogP contribution in [0, 0.1) is 0 Å². The quantitative estimate of drug-likeness (QED) is 0.789. The monoisotopic (exact) mass is 248 g/mol. The molecule has 17 heavy (non-hydrogen) atoms. The van der Waals surface area contributed by atoms with Crippen LogP contribution in [0.15, 0.2) is 35.5 Å². The molecule has 0 aliphatic rings. The SMILES string of the molecule is CC(C)(C)c1cc([S+](N)[O-])c2ccncc2c1. The molecule has 1 atom stereocenters. The molecule has 2 N–H and O–H groups in total.